The predicted molar refractivity (Wildman–Crippen MR) is 58.1 cm³/mol. The summed E-state index contributed by atoms with van der Waals surface area (Å²) in [6.45, 7) is 1.73. The Kier molecular flexibility index (Phi) is 2.74. The summed E-state index contributed by atoms with van der Waals surface area (Å²) < 4.78 is 0. The molecule has 1 atom stereocenters. The minimum Gasteiger partial charge on any atom is -0.389 e. The van der Waals surface area contributed by atoms with Gasteiger partial charge in [-0.05, 0) is 25.1 Å². The van der Waals surface area contributed by atoms with Gasteiger partial charge in [-0.2, -0.15) is 0 Å². The molecule has 0 saturated carbocycles. The summed E-state index contributed by atoms with van der Waals surface area (Å²) in [4.78, 5) is 8.47. The molecule has 0 aromatic carbocycles. The second-order valence-corrected chi connectivity index (χ2v) is 3.33. The fourth-order valence-electron chi connectivity index (χ4n) is 1.47. The fraction of sp³-hybridized carbons (Fsp3) is 0.167. The summed E-state index contributed by atoms with van der Waals surface area (Å²) in [5.41, 5.74) is 2.33. The van der Waals surface area contributed by atoms with E-state index in [1.165, 1.54) is 0 Å². The van der Waals surface area contributed by atoms with Crippen LogP contribution in [-0.2, 0) is 0 Å². The van der Waals surface area contributed by atoms with Crippen LogP contribution in [0, 0.1) is 0 Å². The van der Waals surface area contributed by atoms with Crippen molar-refractivity contribution >= 4 is 0 Å². The van der Waals surface area contributed by atoms with Gasteiger partial charge in [0, 0.05) is 18.0 Å². The standard InChI is InChI=1S/C12H12N2O/c1-9(15)10-5-4-8-14-12(10)11-6-2-3-7-13-11/h2-9,15H,1H3. The van der Waals surface area contributed by atoms with Crippen LogP contribution in [0.4, 0.5) is 0 Å². The van der Waals surface area contributed by atoms with E-state index < -0.39 is 6.10 Å². The van der Waals surface area contributed by atoms with Crippen LogP contribution in [0.5, 0.6) is 0 Å². The molecule has 2 aromatic rings. The van der Waals surface area contributed by atoms with E-state index >= 15 is 0 Å². The molecular formula is C12H12N2O. The van der Waals surface area contributed by atoms with Gasteiger partial charge in [-0.1, -0.05) is 12.1 Å². The minimum absolute atomic E-state index is 0.532. The van der Waals surface area contributed by atoms with Gasteiger partial charge >= 0.3 is 0 Å². The first-order chi connectivity index (χ1) is 7.29. The predicted octanol–water partition coefficient (Wildman–Crippen LogP) is 2.20. The molecule has 0 fully saturated rings. The zero-order valence-electron chi connectivity index (χ0n) is 8.46. The number of pyridine rings is 2. The average Bonchev–Trinajstić information content (AvgIpc) is 2.30. The first-order valence-corrected chi connectivity index (χ1v) is 4.83. The van der Waals surface area contributed by atoms with Crippen molar-refractivity contribution in [2.75, 3.05) is 0 Å². The molecule has 0 saturated heterocycles. The molecular weight excluding hydrogens is 188 g/mol. The van der Waals surface area contributed by atoms with Crippen LogP contribution in [0.2, 0.25) is 0 Å². The maximum atomic E-state index is 9.60. The van der Waals surface area contributed by atoms with E-state index in [-0.39, 0.29) is 0 Å². The van der Waals surface area contributed by atoms with Crippen LogP contribution in [0.25, 0.3) is 11.4 Å². The molecule has 0 aliphatic carbocycles. The molecule has 2 heterocycles. The Morgan fingerprint density at radius 2 is 1.87 bits per heavy atom. The van der Waals surface area contributed by atoms with Crippen LogP contribution >= 0.6 is 0 Å². The van der Waals surface area contributed by atoms with Gasteiger partial charge in [0.1, 0.15) is 0 Å². The number of aliphatic hydroxyl groups excluding tert-OH is 1. The monoisotopic (exact) mass is 200 g/mol. The van der Waals surface area contributed by atoms with Crippen molar-refractivity contribution in [2.24, 2.45) is 0 Å². The van der Waals surface area contributed by atoms with Gasteiger partial charge in [0.05, 0.1) is 17.5 Å². The molecule has 1 unspecified atom stereocenters. The smallest absolute Gasteiger partial charge is 0.0943 e. The third kappa shape index (κ3) is 2.02. The summed E-state index contributed by atoms with van der Waals surface area (Å²) >= 11 is 0. The topological polar surface area (TPSA) is 46.0 Å². The van der Waals surface area contributed by atoms with Crippen LogP contribution in [0.3, 0.4) is 0 Å². The van der Waals surface area contributed by atoms with Crippen molar-refractivity contribution in [1.29, 1.82) is 0 Å². The first-order valence-electron chi connectivity index (χ1n) is 4.83. The van der Waals surface area contributed by atoms with Gasteiger partial charge in [0.15, 0.2) is 0 Å². The largest absolute Gasteiger partial charge is 0.389 e. The van der Waals surface area contributed by atoms with E-state index in [9.17, 15) is 5.11 Å². The quantitative estimate of drug-likeness (QED) is 0.808. The number of hydrogen-bond acceptors (Lipinski definition) is 3. The molecule has 2 aromatic heterocycles. The summed E-state index contributed by atoms with van der Waals surface area (Å²) in [6.07, 6.45) is 2.89. The number of hydrogen-bond donors (Lipinski definition) is 1. The first kappa shape index (κ1) is 9.80. The Bertz CT molecular complexity index is 440. The molecule has 0 radical (unpaired) electrons. The molecule has 0 spiro atoms. The highest BCUT2D eigenvalue weighted by molar-refractivity contribution is 5.58. The Morgan fingerprint density at radius 3 is 2.53 bits per heavy atom. The number of nitrogens with zero attached hydrogens (tertiary/aromatic N) is 2. The van der Waals surface area contributed by atoms with E-state index in [2.05, 4.69) is 9.97 Å². The lowest BCUT2D eigenvalue weighted by Crippen LogP contribution is -1.98. The summed E-state index contributed by atoms with van der Waals surface area (Å²) in [5.74, 6) is 0. The number of aliphatic hydroxyl groups is 1. The lowest BCUT2D eigenvalue weighted by atomic mass is 10.1. The van der Waals surface area contributed by atoms with Crippen LogP contribution in [0.1, 0.15) is 18.6 Å². The molecule has 0 bridgehead atoms. The van der Waals surface area contributed by atoms with E-state index in [0.717, 1.165) is 17.0 Å². The van der Waals surface area contributed by atoms with Crippen LogP contribution in [-0.4, -0.2) is 15.1 Å². The number of aromatic nitrogens is 2. The van der Waals surface area contributed by atoms with Gasteiger partial charge in [-0.15, -0.1) is 0 Å². The van der Waals surface area contributed by atoms with Crippen molar-refractivity contribution < 1.29 is 5.11 Å². The fourth-order valence-corrected chi connectivity index (χ4v) is 1.47. The molecule has 2 rings (SSSR count). The van der Waals surface area contributed by atoms with Gasteiger partial charge in [-0.3, -0.25) is 9.97 Å². The highest BCUT2D eigenvalue weighted by Gasteiger charge is 2.10. The van der Waals surface area contributed by atoms with Gasteiger partial charge in [-0.25, -0.2) is 0 Å². The molecule has 0 aliphatic heterocycles. The molecule has 0 aliphatic rings. The van der Waals surface area contributed by atoms with Gasteiger partial charge < -0.3 is 5.11 Å². The van der Waals surface area contributed by atoms with E-state index in [1.807, 2.05) is 30.3 Å². The summed E-state index contributed by atoms with van der Waals surface area (Å²) in [5, 5.41) is 9.60. The molecule has 1 N–H and O–H groups in total. The molecule has 0 amide bonds. The Labute approximate surface area is 88.5 Å². The molecule has 3 heteroatoms. The Morgan fingerprint density at radius 1 is 1.07 bits per heavy atom. The maximum absolute atomic E-state index is 9.60. The van der Waals surface area contributed by atoms with Gasteiger partial charge in [0.25, 0.3) is 0 Å². The summed E-state index contributed by atoms with van der Waals surface area (Å²) in [6, 6.07) is 9.32. The highest BCUT2D eigenvalue weighted by Crippen LogP contribution is 2.23. The summed E-state index contributed by atoms with van der Waals surface area (Å²) in [7, 11) is 0. The maximum Gasteiger partial charge on any atom is 0.0943 e. The zero-order valence-corrected chi connectivity index (χ0v) is 8.46. The van der Waals surface area contributed by atoms with Crippen molar-refractivity contribution in [3.05, 3.63) is 48.3 Å². The third-order valence-electron chi connectivity index (χ3n) is 2.20. The second kappa shape index (κ2) is 4.19. The van der Waals surface area contributed by atoms with Crippen molar-refractivity contribution in [3.63, 3.8) is 0 Å². The second-order valence-electron chi connectivity index (χ2n) is 3.33. The van der Waals surface area contributed by atoms with E-state index in [0.29, 0.717) is 0 Å². The third-order valence-corrected chi connectivity index (χ3v) is 2.20. The van der Waals surface area contributed by atoms with Crippen LogP contribution < -0.4 is 0 Å². The molecule has 3 nitrogen and oxygen atoms in total. The normalized spacial score (nSPS) is 12.4. The van der Waals surface area contributed by atoms with Crippen molar-refractivity contribution in [1.82, 2.24) is 9.97 Å². The number of rotatable bonds is 2. The van der Waals surface area contributed by atoms with Crippen LogP contribution in [0.15, 0.2) is 42.7 Å². The van der Waals surface area contributed by atoms with Crippen molar-refractivity contribution in [3.8, 4) is 11.4 Å². The Hall–Kier alpha value is -1.74. The zero-order chi connectivity index (χ0) is 10.7. The molecule has 15 heavy (non-hydrogen) atoms. The van der Waals surface area contributed by atoms with E-state index in [1.54, 1.807) is 19.3 Å². The lowest BCUT2D eigenvalue weighted by molar-refractivity contribution is 0.199. The van der Waals surface area contributed by atoms with Gasteiger partial charge in [0.2, 0.25) is 0 Å². The Balaban J connectivity index is 2.53. The molecule has 76 valence electrons. The van der Waals surface area contributed by atoms with E-state index in [4.69, 9.17) is 0 Å². The average molecular weight is 200 g/mol. The highest BCUT2D eigenvalue weighted by atomic mass is 16.3. The lowest BCUT2D eigenvalue weighted by Gasteiger charge is -2.09. The SMILES string of the molecule is CC(O)c1cccnc1-c1ccccn1. The minimum atomic E-state index is -0.532. The van der Waals surface area contributed by atoms with Crippen molar-refractivity contribution in [2.45, 2.75) is 13.0 Å².